The number of ether oxygens (including phenoxy) is 2. The van der Waals surface area contributed by atoms with E-state index >= 15 is 0 Å². The van der Waals surface area contributed by atoms with Gasteiger partial charge < -0.3 is 14.6 Å². The van der Waals surface area contributed by atoms with Gasteiger partial charge >= 0.3 is 5.97 Å². The molecular formula is C13H18O6S. The number of hydrogen-bond donors (Lipinski definition) is 1. The number of benzene rings is 1. The zero-order chi connectivity index (χ0) is 15.6. The third kappa shape index (κ3) is 3.04. The number of methoxy groups -OCH3 is 2. The monoisotopic (exact) mass is 302 g/mol. The fraction of sp³-hybridized carbons (Fsp3) is 0.462. The van der Waals surface area contributed by atoms with E-state index in [2.05, 4.69) is 0 Å². The van der Waals surface area contributed by atoms with Crippen molar-refractivity contribution in [1.29, 1.82) is 0 Å². The van der Waals surface area contributed by atoms with E-state index < -0.39 is 20.6 Å². The van der Waals surface area contributed by atoms with Crippen molar-refractivity contribution in [3.8, 4) is 11.5 Å². The standard InChI is InChI=1S/C13H18O6S/c1-13(2,12(14)15)20(16,17)8-9-5-6-10(18-3)11(7-9)19-4/h5-7H,8H2,1-4H3,(H,14,15). The van der Waals surface area contributed by atoms with Gasteiger partial charge in [-0.25, -0.2) is 8.42 Å². The summed E-state index contributed by atoms with van der Waals surface area (Å²) in [5.41, 5.74) is 0.442. The third-order valence-corrected chi connectivity index (χ3v) is 5.54. The molecule has 0 aliphatic heterocycles. The quantitative estimate of drug-likeness (QED) is 0.856. The Hall–Kier alpha value is -1.76. The second-order valence-corrected chi connectivity index (χ2v) is 7.30. The minimum absolute atomic E-state index is 0.382. The Balaban J connectivity index is 3.14. The molecule has 0 amide bonds. The lowest BCUT2D eigenvalue weighted by atomic mass is 10.2. The van der Waals surface area contributed by atoms with Crippen molar-refractivity contribution in [2.75, 3.05) is 14.2 Å². The smallest absolute Gasteiger partial charge is 0.324 e. The van der Waals surface area contributed by atoms with Crippen LogP contribution in [0.2, 0.25) is 0 Å². The Morgan fingerprint density at radius 3 is 2.20 bits per heavy atom. The summed E-state index contributed by atoms with van der Waals surface area (Å²) in [5.74, 6) is -0.885. The lowest BCUT2D eigenvalue weighted by Crippen LogP contribution is -2.41. The number of carbonyl (C=O) groups is 1. The third-order valence-electron chi connectivity index (χ3n) is 3.10. The van der Waals surface area contributed by atoms with Gasteiger partial charge in [0.15, 0.2) is 26.1 Å². The van der Waals surface area contributed by atoms with Crippen LogP contribution in [0.15, 0.2) is 18.2 Å². The molecule has 1 aromatic rings. The van der Waals surface area contributed by atoms with Crippen LogP contribution in [0.25, 0.3) is 0 Å². The molecular weight excluding hydrogens is 284 g/mol. The number of hydrogen-bond acceptors (Lipinski definition) is 5. The molecule has 0 bridgehead atoms. The summed E-state index contributed by atoms with van der Waals surface area (Å²) in [4.78, 5) is 11.1. The van der Waals surface area contributed by atoms with Gasteiger partial charge in [-0.15, -0.1) is 0 Å². The fourth-order valence-corrected chi connectivity index (χ4v) is 2.75. The summed E-state index contributed by atoms with van der Waals surface area (Å²) >= 11 is 0. The first-order valence-electron chi connectivity index (χ1n) is 5.82. The van der Waals surface area contributed by atoms with Crippen molar-refractivity contribution >= 4 is 15.8 Å². The number of rotatable bonds is 6. The topological polar surface area (TPSA) is 89.9 Å². The Morgan fingerprint density at radius 1 is 1.20 bits per heavy atom. The van der Waals surface area contributed by atoms with Gasteiger partial charge in [0.1, 0.15) is 0 Å². The van der Waals surface area contributed by atoms with E-state index in [0.29, 0.717) is 17.1 Å². The molecule has 112 valence electrons. The maximum absolute atomic E-state index is 12.2. The van der Waals surface area contributed by atoms with Gasteiger partial charge in [0, 0.05) is 0 Å². The lowest BCUT2D eigenvalue weighted by Gasteiger charge is -2.20. The highest BCUT2D eigenvalue weighted by Gasteiger charge is 2.41. The van der Waals surface area contributed by atoms with Gasteiger partial charge in [-0.05, 0) is 31.5 Å². The van der Waals surface area contributed by atoms with Crippen LogP contribution in [0.4, 0.5) is 0 Å². The zero-order valence-corrected chi connectivity index (χ0v) is 12.7. The largest absolute Gasteiger partial charge is 0.493 e. The number of carboxylic acids is 1. The van der Waals surface area contributed by atoms with E-state index in [4.69, 9.17) is 14.6 Å². The van der Waals surface area contributed by atoms with Gasteiger partial charge in [0.05, 0.1) is 20.0 Å². The molecule has 0 radical (unpaired) electrons. The molecule has 0 saturated carbocycles. The second kappa shape index (κ2) is 5.70. The van der Waals surface area contributed by atoms with Crippen molar-refractivity contribution in [3.05, 3.63) is 23.8 Å². The molecule has 0 heterocycles. The van der Waals surface area contributed by atoms with Crippen molar-refractivity contribution in [1.82, 2.24) is 0 Å². The first kappa shape index (κ1) is 16.3. The second-order valence-electron chi connectivity index (χ2n) is 4.76. The fourth-order valence-electron chi connectivity index (χ4n) is 1.50. The predicted octanol–water partition coefficient (Wildman–Crippen LogP) is 1.48. The van der Waals surface area contributed by atoms with Crippen molar-refractivity contribution in [3.63, 3.8) is 0 Å². The van der Waals surface area contributed by atoms with Gasteiger partial charge in [-0.1, -0.05) is 6.07 Å². The molecule has 1 aromatic carbocycles. The molecule has 0 aliphatic carbocycles. The average molecular weight is 302 g/mol. The normalized spacial score (nSPS) is 12.0. The Labute approximate surface area is 118 Å². The van der Waals surface area contributed by atoms with Crippen LogP contribution >= 0.6 is 0 Å². The Morgan fingerprint density at radius 2 is 1.75 bits per heavy atom. The maximum atomic E-state index is 12.2. The Bertz CT molecular complexity index is 603. The molecule has 0 atom stereocenters. The first-order valence-corrected chi connectivity index (χ1v) is 7.47. The summed E-state index contributed by atoms with van der Waals surface area (Å²) in [5, 5.41) is 9.01. The van der Waals surface area contributed by atoms with Crippen LogP contribution in [0.5, 0.6) is 11.5 Å². The zero-order valence-electron chi connectivity index (χ0n) is 11.8. The molecule has 0 fully saturated rings. The summed E-state index contributed by atoms with van der Waals surface area (Å²) in [7, 11) is -0.937. The minimum atomic E-state index is -3.85. The van der Waals surface area contributed by atoms with E-state index in [1.807, 2.05) is 0 Å². The van der Waals surface area contributed by atoms with Crippen molar-refractivity contribution < 1.29 is 27.8 Å². The average Bonchev–Trinajstić information content (AvgIpc) is 2.37. The van der Waals surface area contributed by atoms with Gasteiger partial charge in [0.2, 0.25) is 0 Å². The molecule has 20 heavy (non-hydrogen) atoms. The molecule has 0 spiro atoms. The summed E-state index contributed by atoms with van der Waals surface area (Å²) in [6.07, 6.45) is 0. The lowest BCUT2D eigenvalue weighted by molar-refractivity contribution is -0.139. The van der Waals surface area contributed by atoms with Crippen LogP contribution in [0.1, 0.15) is 19.4 Å². The number of carboxylic acid groups (broad SMARTS) is 1. The van der Waals surface area contributed by atoms with Gasteiger partial charge in [-0.3, -0.25) is 4.79 Å². The molecule has 0 saturated heterocycles. The molecule has 0 aliphatic rings. The maximum Gasteiger partial charge on any atom is 0.324 e. The number of sulfone groups is 1. The van der Waals surface area contributed by atoms with E-state index in [9.17, 15) is 13.2 Å². The predicted molar refractivity (Wildman–Crippen MR) is 73.9 cm³/mol. The van der Waals surface area contributed by atoms with Crippen LogP contribution in [-0.2, 0) is 20.4 Å². The summed E-state index contributed by atoms with van der Waals surface area (Å²) in [6.45, 7) is 2.34. The molecule has 0 aromatic heterocycles. The molecule has 7 heteroatoms. The highest BCUT2D eigenvalue weighted by molar-refractivity contribution is 7.92. The highest BCUT2D eigenvalue weighted by Crippen LogP contribution is 2.30. The first-order chi connectivity index (χ1) is 9.15. The van der Waals surface area contributed by atoms with Crippen molar-refractivity contribution in [2.24, 2.45) is 0 Å². The van der Waals surface area contributed by atoms with E-state index in [1.165, 1.54) is 34.1 Å². The van der Waals surface area contributed by atoms with E-state index in [-0.39, 0.29) is 5.75 Å². The van der Waals surface area contributed by atoms with Crippen LogP contribution < -0.4 is 9.47 Å². The molecule has 6 nitrogen and oxygen atoms in total. The van der Waals surface area contributed by atoms with E-state index in [0.717, 1.165) is 0 Å². The van der Waals surface area contributed by atoms with Crippen LogP contribution in [0, 0.1) is 0 Å². The van der Waals surface area contributed by atoms with Gasteiger partial charge in [0.25, 0.3) is 0 Å². The minimum Gasteiger partial charge on any atom is -0.493 e. The summed E-state index contributed by atoms with van der Waals surface area (Å²) < 4.78 is 32.6. The van der Waals surface area contributed by atoms with Crippen molar-refractivity contribution in [2.45, 2.75) is 24.3 Å². The molecule has 1 rings (SSSR count). The Kier molecular flexibility index (Phi) is 4.65. The van der Waals surface area contributed by atoms with E-state index in [1.54, 1.807) is 12.1 Å². The molecule has 0 unspecified atom stereocenters. The molecule has 1 N–H and O–H groups in total. The summed E-state index contributed by atoms with van der Waals surface area (Å²) in [6, 6.07) is 4.67. The highest BCUT2D eigenvalue weighted by atomic mass is 32.2. The van der Waals surface area contributed by atoms with Crippen LogP contribution in [0.3, 0.4) is 0 Å². The van der Waals surface area contributed by atoms with Gasteiger partial charge in [-0.2, -0.15) is 0 Å². The number of aliphatic carboxylic acids is 1. The van der Waals surface area contributed by atoms with Crippen LogP contribution in [-0.4, -0.2) is 38.5 Å². The SMILES string of the molecule is COc1ccc(CS(=O)(=O)C(C)(C)C(=O)O)cc1OC.